The first-order chi connectivity index (χ1) is 7.69. The maximum Gasteiger partial charge on any atom is 0.313 e. The van der Waals surface area contributed by atoms with Crippen molar-refractivity contribution >= 4 is 17.7 Å². The van der Waals surface area contributed by atoms with Gasteiger partial charge in [-0.2, -0.15) is 0 Å². The summed E-state index contributed by atoms with van der Waals surface area (Å²) >= 11 is 1.18. The highest BCUT2D eigenvalue weighted by molar-refractivity contribution is 7.99. The van der Waals surface area contributed by atoms with E-state index in [9.17, 15) is 4.79 Å². The number of rotatable bonds is 7. The highest BCUT2D eigenvalue weighted by atomic mass is 32.2. The molecule has 1 N–H and O–H groups in total. The molecule has 0 saturated carbocycles. The lowest BCUT2D eigenvalue weighted by Crippen LogP contribution is -2.07. The second kappa shape index (κ2) is 6.49. The Hall–Kier alpha value is -1.08. The molecule has 0 aliphatic rings. The van der Waals surface area contributed by atoms with E-state index >= 15 is 0 Å². The zero-order chi connectivity index (χ0) is 12.0. The van der Waals surface area contributed by atoms with Crippen molar-refractivity contribution in [3.63, 3.8) is 0 Å². The van der Waals surface area contributed by atoms with Crippen molar-refractivity contribution in [3.8, 4) is 0 Å². The van der Waals surface area contributed by atoms with Crippen molar-refractivity contribution in [2.75, 3.05) is 19.5 Å². The van der Waals surface area contributed by atoms with Crippen LogP contribution in [0.2, 0.25) is 0 Å². The Labute approximate surface area is 98.0 Å². The molecule has 0 saturated heterocycles. The number of hydrogen-bond donors (Lipinski definition) is 1. The van der Waals surface area contributed by atoms with Crippen LogP contribution in [0, 0.1) is 0 Å². The number of hydrogen-bond acceptors (Lipinski definition) is 5. The molecule has 0 aromatic carbocycles. The molecule has 6 nitrogen and oxygen atoms in total. The fourth-order valence-electron chi connectivity index (χ4n) is 1.25. The fourth-order valence-corrected chi connectivity index (χ4v) is 1.99. The number of aliphatic carboxylic acids is 1. The van der Waals surface area contributed by atoms with Gasteiger partial charge in [-0.25, -0.2) is 0 Å². The molecule has 0 amide bonds. The molecular formula is C9H15N3O3S. The predicted octanol–water partition coefficient (Wildman–Crippen LogP) is 0.664. The van der Waals surface area contributed by atoms with Gasteiger partial charge in [-0.15, -0.1) is 10.2 Å². The minimum Gasteiger partial charge on any atom is -0.481 e. The van der Waals surface area contributed by atoms with Gasteiger partial charge in [-0.1, -0.05) is 11.8 Å². The first-order valence-corrected chi connectivity index (χ1v) is 5.93. The number of methoxy groups -OCH3 is 1. The first kappa shape index (κ1) is 13.0. The summed E-state index contributed by atoms with van der Waals surface area (Å²) in [5.41, 5.74) is 0. The summed E-state index contributed by atoms with van der Waals surface area (Å²) in [6.45, 7) is 3.29. The van der Waals surface area contributed by atoms with Crippen LogP contribution in [0.3, 0.4) is 0 Å². The smallest absolute Gasteiger partial charge is 0.313 e. The summed E-state index contributed by atoms with van der Waals surface area (Å²) in [6, 6.07) is 0. The molecule has 0 radical (unpaired) electrons. The maximum absolute atomic E-state index is 10.5. The van der Waals surface area contributed by atoms with Gasteiger partial charge in [0.25, 0.3) is 0 Å². The van der Waals surface area contributed by atoms with Crippen LogP contribution in [0.1, 0.15) is 12.7 Å². The van der Waals surface area contributed by atoms with E-state index in [1.54, 1.807) is 7.11 Å². The molecular weight excluding hydrogens is 230 g/mol. The fraction of sp³-hybridized carbons (Fsp3) is 0.667. The molecule has 7 heteroatoms. The largest absolute Gasteiger partial charge is 0.481 e. The van der Waals surface area contributed by atoms with Gasteiger partial charge in [0.15, 0.2) is 5.16 Å². The van der Waals surface area contributed by atoms with Crippen molar-refractivity contribution in [2.45, 2.75) is 25.0 Å². The van der Waals surface area contributed by atoms with Crippen molar-refractivity contribution in [1.82, 2.24) is 14.8 Å². The van der Waals surface area contributed by atoms with E-state index in [-0.39, 0.29) is 5.75 Å². The Kier molecular flexibility index (Phi) is 5.27. The molecule has 1 aromatic heterocycles. The minimum absolute atomic E-state index is 0.00239. The molecule has 0 aliphatic carbocycles. The van der Waals surface area contributed by atoms with Gasteiger partial charge in [0.05, 0.1) is 12.4 Å². The lowest BCUT2D eigenvalue weighted by Gasteiger charge is -2.05. The quantitative estimate of drug-likeness (QED) is 0.711. The van der Waals surface area contributed by atoms with Gasteiger partial charge in [0.1, 0.15) is 5.82 Å². The monoisotopic (exact) mass is 245 g/mol. The van der Waals surface area contributed by atoms with E-state index in [0.29, 0.717) is 18.2 Å². The molecule has 0 bridgehead atoms. The third kappa shape index (κ3) is 3.49. The summed E-state index contributed by atoms with van der Waals surface area (Å²) in [7, 11) is 1.63. The highest BCUT2D eigenvalue weighted by Crippen LogP contribution is 2.16. The first-order valence-electron chi connectivity index (χ1n) is 4.94. The SMILES string of the molecule is CCn1c(CCOC)nnc1SCC(=O)O. The Morgan fingerprint density at radius 1 is 1.56 bits per heavy atom. The Morgan fingerprint density at radius 3 is 2.88 bits per heavy atom. The van der Waals surface area contributed by atoms with Crippen LogP contribution >= 0.6 is 11.8 Å². The molecule has 90 valence electrons. The third-order valence-electron chi connectivity index (χ3n) is 1.96. The molecule has 1 rings (SSSR count). The molecule has 0 atom stereocenters. The normalized spacial score (nSPS) is 10.6. The average Bonchev–Trinajstić information content (AvgIpc) is 2.65. The van der Waals surface area contributed by atoms with Gasteiger partial charge in [0, 0.05) is 20.1 Å². The van der Waals surface area contributed by atoms with Crippen LogP contribution in [0.25, 0.3) is 0 Å². The molecule has 0 fully saturated rings. The predicted molar refractivity (Wildman–Crippen MR) is 59.6 cm³/mol. The minimum atomic E-state index is -0.853. The lowest BCUT2D eigenvalue weighted by atomic mass is 10.4. The van der Waals surface area contributed by atoms with Gasteiger partial charge in [-0.3, -0.25) is 4.79 Å². The number of aromatic nitrogens is 3. The second-order valence-corrected chi connectivity index (χ2v) is 4.01. The van der Waals surface area contributed by atoms with Gasteiger partial charge in [-0.05, 0) is 6.92 Å². The number of carbonyl (C=O) groups is 1. The van der Waals surface area contributed by atoms with Gasteiger partial charge < -0.3 is 14.4 Å². The highest BCUT2D eigenvalue weighted by Gasteiger charge is 2.12. The van der Waals surface area contributed by atoms with Crippen molar-refractivity contribution in [1.29, 1.82) is 0 Å². The third-order valence-corrected chi connectivity index (χ3v) is 2.92. The molecule has 1 aromatic rings. The Bertz CT molecular complexity index is 354. The maximum atomic E-state index is 10.5. The lowest BCUT2D eigenvalue weighted by molar-refractivity contribution is -0.133. The van der Waals surface area contributed by atoms with E-state index in [2.05, 4.69) is 10.2 Å². The number of ether oxygens (including phenoxy) is 1. The molecule has 16 heavy (non-hydrogen) atoms. The van der Waals surface area contributed by atoms with E-state index in [1.807, 2.05) is 11.5 Å². The average molecular weight is 245 g/mol. The zero-order valence-corrected chi connectivity index (χ0v) is 10.2. The van der Waals surface area contributed by atoms with Crippen LogP contribution < -0.4 is 0 Å². The number of carboxylic acids is 1. The standard InChI is InChI=1S/C9H15N3O3S/c1-3-12-7(4-5-15-2)10-11-9(12)16-6-8(13)14/h3-6H2,1-2H3,(H,13,14). The Morgan fingerprint density at radius 2 is 2.31 bits per heavy atom. The van der Waals surface area contributed by atoms with Crippen LogP contribution in [-0.2, 0) is 22.5 Å². The zero-order valence-electron chi connectivity index (χ0n) is 9.34. The molecule has 0 aliphatic heterocycles. The summed E-state index contributed by atoms with van der Waals surface area (Å²) < 4.78 is 6.88. The topological polar surface area (TPSA) is 77.2 Å². The van der Waals surface area contributed by atoms with E-state index in [4.69, 9.17) is 9.84 Å². The summed E-state index contributed by atoms with van der Waals surface area (Å²) in [6.07, 6.45) is 0.685. The van der Waals surface area contributed by atoms with Crippen molar-refractivity contribution in [2.24, 2.45) is 0 Å². The van der Waals surface area contributed by atoms with Gasteiger partial charge >= 0.3 is 5.97 Å². The van der Waals surface area contributed by atoms with Crippen LogP contribution in [0.4, 0.5) is 0 Å². The second-order valence-electron chi connectivity index (χ2n) is 3.07. The van der Waals surface area contributed by atoms with Gasteiger partial charge in [0.2, 0.25) is 0 Å². The summed E-state index contributed by atoms with van der Waals surface area (Å²) in [5.74, 6) is -0.0195. The van der Waals surface area contributed by atoms with E-state index < -0.39 is 5.97 Å². The van der Waals surface area contributed by atoms with E-state index in [1.165, 1.54) is 11.8 Å². The molecule has 0 unspecified atom stereocenters. The summed E-state index contributed by atoms with van der Waals surface area (Å²) in [4.78, 5) is 10.5. The summed E-state index contributed by atoms with van der Waals surface area (Å²) in [5, 5.41) is 17.2. The Balaban J connectivity index is 2.69. The van der Waals surface area contributed by atoms with Crippen LogP contribution in [0.5, 0.6) is 0 Å². The number of thioether (sulfide) groups is 1. The van der Waals surface area contributed by atoms with Crippen molar-refractivity contribution in [3.05, 3.63) is 5.82 Å². The van der Waals surface area contributed by atoms with Crippen LogP contribution in [0.15, 0.2) is 5.16 Å². The van der Waals surface area contributed by atoms with E-state index in [0.717, 1.165) is 12.4 Å². The molecule has 1 heterocycles. The molecule has 0 spiro atoms. The van der Waals surface area contributed by atoms with Crippen LogP contribution in [-0.4, -0.2) is 45.3 Å². The number of nitrogens with zero attached hydrogens (tertiary/aromatic N) is 3. The number of carboxylic acid groups (broad SMARTS) is 1. The van der Waals surface area contributed by atoms with Crippen molar-refractivity contribution < 1.29 is 14.6 Å².